The van der Waals surface area contributed by atoms with Gasteiger partial charge in [-0.25, -0.2) is 5.01 Å². The zero-order valence-corrected chi connectivity index (χ0v) is 6.84. The van der Waals surface area contributed by atoms with Crippen LogP contribution in [0.1, 0.15) is 12.8 Å². The first-order valence-electron chi connectivity index (χ1n) is 3.57. The van der Waals surface area contributed by atoms with Crippen LogP contribution in [-0.4, -0.2) is 34.7 Å². The van der Waals surface area contributed by atoms with Crippen molar-refractivity contribution in [2.24, 2.45) is 0 Å². The quantitative estimate of drug-likeness (QED) is 0.449. The molecule has 0 radical (unpaired) electrons. The molecule has 5 heteroatoms. The highest BCUT2D eigenvalue weighted by atomic mass is 35.5. The average molecular weight is 179 g/mol. The predicted octanol–water partition coefficient (Wildman–Crippen LogP) is 0.307. The highest BCUT2D eigenvalue weighted by molar-refractivity contribution is 6.62. The zero-order valence-electron chi connectivity index (χ0n) is 6.09. The monoisotopic (exact) mass is 178 g/mol. The smallest absolute Gasteiger partial charge is 0.328 e. The number of hydrogen-bond donors (Lipinski definition) is 2. The number of piperidine rings is 1. The Morgan fingerprint density at radius 3 is 3.00 bits per heavy atom. The molecule has 1 amide bonds. The second-order valence-corrected chi connectivity index (χ2v) is 2.97. The van der Waals surface area contributed by atoms with E-state index in [9.17, 15) is 4.79 Å². The van der Waals surface area contributed by atoms with E-state index in [-0.39, 0.29) is 6.10 Å². The topological polar surface area (TPSA) is 52.6 Å². The summed E-state index contributed by atoms with van der Waals surface area (Å²) in [6.07, 6.45) is 1.35. The van der Waals surface area contributed by atoms with Crippen LogP contribution in [0.5, 0.6) is 0 Å². The van der Waals surface area contributed by atoms with E-state index >= 15 is 0 Å². The molecule has 11 heavy (non-hydrogen) atoms. The maximum absolute atomic E-state index is 10.3. The molecule has 0 saturated carbocycles. The number of nitrogens with one attached hydrogen (secondary N) is 1. The highest BCUT2D eigenvalue weighted by Crippen LogP contribution is 2.07. The van der Waals surface area contributed by atoms with Gasteiger partial charge in [0.25, 0.3) is 0 Å². The highest BCUT2D eigenvalue weighted by Gasteiger charge is 2.17. The summed E-state index contributed by atoms with van der Waals surface area (Å²) < 4.78 is 0. The lowest BCUT2D eigenvalue weighted by atomic mass is 10.1. The van der Waals surface area contributed by atoms with Crippen LogP contribution >= 0.6 is 11.6 Å². The largest absolute Gasteiger partial charge is 0.392 e. The lowest BCUT2D eigenvalue weighted by Crippen LogP contribution is -2.47. The van der Waals surface area contributed by atoms with Crippen molar-refractivity contribution in [3.05, 3.63) is 0 Å². The van der Waals surface area contributed by atoms with E-state index in [1.807, 2.05) is 0 Å². The third-order valence-corrected chi connectivity index (χ3v) is 1.73. The standard InChI is InChI=1S/C6H11ClN2O2/c7-6(11)8-9-3-1-2-5(10)4-9/h5,10H,1-4H2,(H,8,11). The molecule has 1 atom stereocenters. The molecule has 1 unspecified atom stereocenters. The molecule has 0 aromatic carbocycles. The van der Waals surface area contributed by atoms with Crippen molar-refractivity contribution < 1.29 is 9.90 Å². The fourth-order valence-corrected chi connectivity index (χ4v) is 1.30. The number of aliphatic hydroxyl groups is 1. The van der Waals surface area contributed by atoms with E-state index in [2.05, 4.69) is 5.43 Å². The molecule has 0 aromatic heterocycles. The van der Waals surface area contributed by atoms with Gasteiger partial charge in [-0.05, 0) is 24.4 Å². The Hall–Kier alpha value is -0.320. The Morgan fingerprint density at radius 2 is 2.45 bits per heavy atom. The third-order valence-electron chi connectivity index (χ3n) is 1.64. The molecule has 0 spiro atoms. The molecule has 64 valence electrons. The van der Waals surface area contributed by atoms with Gasteiger partial charge in [0.1, 0.15) is 0 Å². The number of carbonyl (C=O) groups is 1. The van der Waals surface area contributed by atoms with Crippen molar-refractivity contribution in [2.45, 2.75) is 18.9 Å². The van der Waals surface area contributed by atoms with Crippen molar-refractivity contribution in [3.8, 4) is 0 Å². The summed E-state index contributed by atoms with van der Waals surface area (Å²) in [6.45, 7) is 1.23. The van der Waals surface area contributed by atoms with Gasteiger partial charge in [0.2, 0.25) is 0 Å². The van der Waals surface area contributed by atoms with Crippen LogP contribution in [0.25, 0.3) is 0 Å². The van der Waals surface area contributed by atoms with Gasteiger partial charge in [-0.15, -0.1) is 0 Å². The molecule has 0 aromatic rings. The number of hydrogen-bond acceptors (Lipinski definition) is 3. The fraction of sp³-hybridized carbons (Fsp3) is 0.833. The average Bonchev–Trinajstić information content (AvgIpc) is 1.85. The van der Waals surface area contributed by atoms with Crippen LogP contribution in [0, 0.1) is 0 Å². The first-order valence-corrected chi connectivity index (χ1v) is 3.95. The molecule has 1 fully saturated rings. The zero-order chi connectivity index (χ0) is 8.27. The minimum Gasteiger partial charge on any atom is -0.392 e. The van der Waals surface area contributed by atoms with Crippen LogP contribution in [-0.2, 0) is 0 Å². The summed E-state index contributed by atoms with van der Waals surface area (Å²) in [5, 5.41) is 10.2. The van der Waals surface area contributed by atoms with Gasteiger partial charge >= 0.3 is 5.37 Å². The molecule has 4 nitrogen and oxygen atoms in total. The van der Waals surface area contributed by atoms with Crippen molar-refractivity contribution >= 4 is 17.0 Å². The van der Waals surface area contributed by atoms with E-state index in [4.69, 9.17) is 16.7 Å². The molecule has 0 bridgehead atoms. The number of β-amino-alcohol motifs (C(OH)–C–C–N with tert-alkyl or cyclic N) is 1. The van der Waals surface area contributed by atoms with Gasteiger partial charge in [0, 0.05) is 13.1 Å². The second kappa shape index (κ2) is 3.90. The third kappa shape index (κ3) is 3.05. The summed E-state index contributed by atoms with van der Waals surface area (Å²) >= 11 is 5.09. The number of nitrogens with zero attached hydrogens (tertiary/aromatic N) is 1. The molecule has 1 aliphatic rings. The Labute approximate surface area is 70.1 Å². The number of amides is 1. The SMILES string of the molecule is O=C(Cl)NN1CCCC(O)C1. The van der Waals surface area contributed by atoms with Gasteiger partial charge < -0.3 is 5.11 Å². The molecule has 1 rings (SSSR count). The summed E-state index contributed by atoms with van der Waals surface area (Å²) in [4.78, 5) is 10.3. The summed E-state index contributed by atoms with van der Waals surface area (Å²) in [7, 11) is 0. The van der Waals surface area contributed by atoms with Gasteiger partial charge in [-0.2, -0.15) is 0 Å². The second-order valence-electron chi connectivity index (χ2n) is 2.63. The molecular formula is C6H11ClN2O2. The normalized spacial score (nSPS) is 26.5. The number of carbonyl (C=O) groups excluding carboxylic acids is 1. The van der Waals surface area contributed by atoms with E-state index in [1.54, 1.807) is 5.01 Å². The number of hydrazine groups is 1. The summed E-state index contributed by atoms with van der Waals surface area (Å²) in [5.74, 6) is 0. The van der Waals surface area contributed by atoms with E-state index in [0.29, 0.717) is 6.54 Å². The Bertz CT molecular complexity index is 154. The minimum absolute atomic E-state index is 0.340. The lowest BCUT2D eigenvalue weighted by molar-refractivity contribution is 0.0522. The van der Waals surface area contributed by atoms with E-state index in [1.165, 1.54) is 0 Å². The van der Waals surface area contributed by atoms with Gasteiger partial charge in [0.15, 0.2) is 0 Å². The molecule has 1 aliphatic heterocycles. The summed E-state index contributed by atoms with van der Waals surface area (Å²) in [6, 6.07) is 0. The van der Waals surface area contributed by atoms with E-state index in [0.717, 1.165) is 19.4 Å². The van der Waals surface area contributed by atoms with Crippen molar-refractivity contribution in [1.29, 1.82) is 0 Å². The Morgan fingerprint density at radius 1 is 1.73 bits per heavy atom. The van der Waals surface area contributed by atoms with E-state index < -0.39 is 5.37 Å². The van der Waals surface area contributed by atoms with Crippen LogP contribution in [0.15, 0.2) is 0 Å². The lowest BCUT2D eigenvalue weighted by Gasteiger charge is -2.28. The molecule has 2 N–H and O–H groups in total. The number of halogens is 1. The van der Waals surface area contributed by atoms with Crippen LogP contribution in [0.3, 0.4) is 0 Å². The van der Waals surface area contributed by atoms with Gasteiger partial charge in [0.05, 0.1) is 6.10 Å². The Balaban J connectivity index is 2.28. The van der Waals surface area contributed by atoms with Crippen LogP contribution < -0.4 is 5.43 Å². The minimum atomic E-state index is -0.598. The molecular weight excluding hydrogens is 168 g/mol. The maximum atomic E-state index is 10.3. The summed E-state index contributed by atoms with van der Waals surface area (Å²) in [5.41, 5.74) is 2.41. The maximum Gasteiger partial charge on any atom is 0.328 e. The molecule has 0 aliphatic carbocycles. The fourth-order valence-electron chi connectivity index (χ4n) is 1.18. The Kier molecular flexibility index (Phi) is 3.11. The first kappa shape index (κ1) is 8.77. The molecule has 1 heterocycles. The van der Waals surface area contributed by atoms with Crippen molar-refractivity contribution in [2.75, 3.05) is 13.1 Å². The molecule has 1 saturated heterocycles. The number of rotatable bonds is 1. The van der Waals surface area contributed by atoms with Crippen LogP contribution in [0.4, 0.5) is 4.79 Å². The first-order chi connectivity index (χ1) is 5.18. The predicted molar refractivity (Wildman–Crippen MR) is 41.2 cm³/mol. The number of aliphatic hydroxyl groups excluding tert-OH is 1. The van der Waals surface area contributed by atoms with Crippen LogP contribution in [0.2, 0.25) is 0 Å². The van der Waals surface area contributed by atoms with Gasteiger partial charge in [-0.3, -0.25) is 10.2 Å². The van der Waals surface area contributed by atoms with Gasteiger partial charge in [-0.1, -0.05) is 0 Å². The van der Waals surface area contributed by atoms with Crippen molar-refractivity contribution in [1.82, 2.24) is 10.4 Å². The van der Waals surface area contributed by atoms with Crippen molar-refractivity contribution in [3.63, 3.8) is 0 Å².